The van der Waals surface area contributed by atoms with Gasteiger partial charge in [0.05, 0.1) is 4.47 Å². The summed E-state index contributed by atoms with van der Waals surface area (Å²) in [6, 6.07) is 1.31. The van der Waals surface area contributed by atoms with Gasteiger partial charge in [0.25, 0.3) is 0 Å². The van der Waals surface area contributed by atoms with Gasteiger partial charge < -0.3 is 10.1 Å². The highest BCUT2D eigenvalue weighted by atomic mass is 79.9. The molecule has 84 valence electrons. The Balaban J connectivity index is 2.68. The largest absolute Gasteiger partial charge is 0.467 e. The van der Waals surface area contributed by atoms with Crippen molar-refractivity contribution in [2.24, 2.45) is 0 Å². The van der Waals surface area contributed by atoms with Crippen LogP contribution in [-0.2, 0) is 0 Å². The minimum atomic E-state index is -4.38. The first-order valence-electron chi connectivity index (χ1n) is 3.83. The van der Waals surface area contributed by atoms with E-state index in [9.17, 15) is 13.2 Å². The van der Waals surface area contributed by atoms with Crippen LogP contribution in [0.25, 0.3) is 0 Å². The Hall–Kier alpha value is -1.05. The van der Waals surface area contributed by atoms with Crippen LogP contribution in [0.3, 0.4) is 0 Å². The zero-order valence-corrected chi connectivity index (χ0v) is 9.18. The van der Waals surface area contributed by atoms with Gasteiger partial charge in [0, 0.05) is 13.1 Å². The van der Waals surface area contributed by atoms with Gasteiger partial charge in [-0.15, -0.1) is 10.2 Å². The summed E-state index contributed by atoms with van der Waals surface area (Å²) in [5.74, 6) is 0.243. The molecular formula is C7H7BrF3N3O. The molecule has 1 heterocycles. The molecule has 15 heavy (non-hydrogen) atoms. The van der Waals surface area contributed by atoms with Crippen molar-refractivity contribution in [3.05, 3.63) is 10.5 Å². The number of nitrogens with zero attached hydrogens (tertiary/aromatic N) is 2. The summed E-state index contributed by atoms with van der Waals surface area (Å²) in [5, 5.41) is 9.74. The third kappa shape index (κ3) is 3.90. The van der Waals surface area contributed by atoms with E-state index in [1.165, 1.54) is 6.07 Å². The topological polar surface area (TPSA) is 47.0 Å². The van der Waals surface area contributed by atoms with Gasteiger partial charge in [-0.25, -0.2) is 0 Å². The minimum absolute atomic E-state index is 0.182. The second-order valence-corrected chi connectivity index (χ2v) is 3.39. The quantitative estimate of drug-likeness (QED) is 0.925. The van der Waals surface area contributed by atoms with Crippen LogP contribution in [0.15, 0.2) is 10.5 Å². The predicted octanol–water partition coefficient (Wildman–Crippen LogP) is 2.22. The molecule has 0 aliphatic rings. The fourth-order valence-corrected chi connectivity index (χ4v) is 1.22. The van der Waals surface area contributed by atoms with Crippen molar-refractivity contribution >= 4 is 21.7 Å². The van der Waals surface area contributed by atoms with Crippen molar-refractivity contribution in [1.82, 2.24) is 10.2 Å². The van der Waals surface area contributed by atoms with Gasteiger partial charge in [0.15, 0.2) is 12.4 Å². The number of anilines is 1. The van der Waals surface area contributed by atoms with Crippen molar-refractivity contribution in [3.63, 3.8) is 0 Å². The average Bonchev–Trinajstić information content (AvgIpc) is 2.14. The molecule has 0 spiro atoms. The SMILES string of the molecule is CNc1nnc(OCC(F)(F)F)cc1Br. The van der Waals surface area contributed by atoms with E-state index in [0.29, 0.717) is 10.3 Å². The maximum absolute atomic E-state index is 11.8. The van der Waals surface area contributed by atoms with Crippen LogP contribution >= 0.6 is 15.9 Å². The molecular weight excluding hydrogens is 279 g/mol. The zero-order chi connectivity index (χ0) is 11.5. The predicted molar refractivity (Wildman–Crippen MR) is 50.8 cm³/mol. The van der Waals surface area contributed by atoms with Gasteiger partial charge in [-0.05, 0) is 15.9 Å². The Labute approximate surface area is 92.0 Å². The van der Waals surface area contributed by atoms with Crippen molar-refractivity contribution in [1.29, 1.82) is 0 Å². The average molecular weight is 286 g/mol. The van der Waals surface area contributed by atoms with Crippen molar-refractivity contribution < 1.29 is 17.9 Å². The second-order valence-electron chi connectivity index (χ2n) is 2.53. The van der Waals surface area contributed by atoms with E-state index in [-0.39, 0.29) is 5.88 Å². The molecule has 4 nitrogen and oxygen atoms in total. The second kappa shape index (κ2) is 4.65. The molecule has 0 amide bonds. The molecule has 0 radical (unpaired) electrons. The molecule has 1 aromatic heterocycles. The molecule has 0 bridgehead atoms. The van der Waals surface area contributed by atoms with Crippen LogP contribution in [0.4, 0.5) is 19.0 Å². The standard InChI is InChI=1S/C7H7BrF3N3O/c1-12-6-4(8)2-5(13-14-6)15-3-7(9,10)11/h2H,3H2,1H3,(H,12,14). The lowest BCUT2D eigenvalue weighted by atomic mass is 10.5. The third-order valence-corrected chi connectivity index (χ3v) is 1.95. The monoisotopic (exact) mass is 285 g/mol. The highest BCUT2D eigenvalue weighted by Gasteiger charge is 2.28. The van der Waals surface area contributed by atoms with Crippen molar-refractivity contribution in [3.8, 4) is 5.88 Å². The Morgan fingerprint density at radius 3 is 2.60 bits per heavy atom. The highest BCUT2D eigenvalue weighted by molar-refractivity contribution is 9.10. The van der Waals surface area contributed by atoms with Crippen molar-refractivity contribution in [2.75, 3.05) is 19.0 Å². The summed E-state index contributed by atoms with van der Waals surface area (Å²) in [6.45, 7) is -1.38. The third-order valence-electron chi connectivity index (χ3n) is 1.35. The van der Waals surface area contributed by atoms with Crippen LogP contribution in [0.5, 0.6) is 5.88 Å². The number of halogens is 4. The first-order valence-corrected chi connectivity index (χ1v) is 4.62. The summed E-state index contributed by atoms with van der Waals surface area (Å²) >= 11 is 3.10. The number of rotatable bonds is 3. The maximum Gasteiger partial charge on any atom is 0.422 e. The minimum Gasteiger partial charge on any atom is -0.467 e. The van der Waals surface area contributed by atoms with Gasteiger partial charge in [-0.3, -0.25) is 0 Å². The van der Waals surface area contributed by atoms with E-state index in [2.05, 4.69) is 36.2 Å². The molecule has 8 heteroatoms. The molecule has 0 aromatic carbocycles. The fraction of sp³-hybridized carbons (Fsp3) is 0.429. The smallest absolute Gasteiger partial charge is 0.422 e. The molecule has 1 N–H and O–H groups in total. The zero-order valence-electron chi connectivity index (χ0n) is 7.60. The molecule has 1 aromatic rings. The summed E-state index contributed by atoms with van der Waals surface area (Å²) in [7, 11) is 1.62. The van der Waals surface area contributed by atoms with Crippen LogP contribution < -0.4 is 10.1 Å². The highest BCUT2D eigenvalue weighted by Crippen LogP contribution is 2.23. The summed E-state index contributed by atoms with van der Waals surface area (Å²) < 4.78 is 40.2. The molecule has 0 aliphatic heterocycles. The number of nitrogens with one attached hydrogen (secondary N) is 1. The summed E-state index contributed by atoms with van der Waals surface area (Å²) in [4.78, 5) is 0. The fourth-order valence-electron chi connectivity index (χ4n) is 0.748. The number of alkyl halides is 3. The molecule has 0 aliphatic carbocycles. The number of ether oxygens (including phenoxy) is 1. The summed E-state index contributed by atoms with van der Waals surface area (Å²) in [5.41, 5.74) is 0. The lowest BCUT2D eigenvalue weighted by Gasteiger charge is -2.08. The lowest BCUT2D eigenvalue weighted by molar-refractivity contribution is -0.154. The Bertz CT molecular complexity index is 345. The molecule has 0 unspecified atom stereocenters. The van der Waals surface area contributed by atoms with Crippen molar-refractivity contribution in [2.45, 2.75) is 6.18 Å². The number of hydrogen-bond acceptors (Lipinski definition) is 4. The summed E-state index contributed by atoms with van der Waals surface area (Å²) in [6.07, 6.45) is -4.38. The maximum atomic E-state index is 11.8. The molecule has 1 rings (SSSR count). The molecule has 0 saturated heterocycles. The molecule has 0 fully saturated rings. The van der Waals surface area contributed by atoms with E-state index in [1.807, 2.05) is 0 Å². The van der Waals surface area contributed by atoms with Crippen LogP contribution in [0, 0.1) is 0 Å². The van der Waals surface area contributed by atoms with Gasteiger partial charge in [0.1, 0.15) is 0 Å². The van der Waals surface area contributed by atoms with E-state index >= 15 is 0 Å². The van der Waals surface area contributed by atoms with Crippen LogP contribution in [0.1, 0.15) is 0 Å². The van der Waals surface area contributed by atoms with Crippen LogP contribution in [-0.4, -0.2) is 30.0 Å². The molecule has 0 saturated carbocycles. The first kappa shape index (κ1) is 12.0. The van der Waals surface area contributed by atoms with Crippen LogP contribution in [0.2, 0.25) is 0 Å². The Kier molecular flexibility index (Phi) is 3.72. The van der Waals surface area contributed by atoms with Gasteiger partial charge in [0.2, 0.25) is 5.88 Å². The van der Waals surface area contributed by atoms with Gasteiger partial charge in [-0.2, -0.15) is 13.2 Å². The van der Waals surface area contributed by atoms with Gasteiger partial charge >= 0.3 is 6.18 Å². The van der Waals surface area contributed by atoms with E-state index < -0.39 is 12.8 Å². The molecule has 0 atom stereocenters. The lowest BCUT2D eigenvalue weighted by Crippen LogP contribution is -2.19. The van der Waals surface area contributed by atoms with E-state index in [1.54, 1.807) is 7.05 Å². The van der Waals surface area contributed by atoms with E-state index in [0.717, 1.165) is 0 Å². The number of hydrogen-bond donors (Lipinski definition) is 1. The first-order chi connectivity index (χ1) is 6.92. The Morgan fingerprint density at radius 1 is 1.47 bits per heavy atom. The van der Waals surface area contributed by atoms with E-state index in [4.69, 9.17) is 0 Å². The number of aromatic nitrogens is 2. The normalized spacial score (nSPS) is 11.3. The van der Waals surface area contributed by atoms with Gasteiger partial charge in [-0.1, -0.05) is 0 Å². The Morgan fingerprint density at radius 2 is 2.13 bits per heavy atom.